The third-order valence-electron chi connectivity index (χ3n) is 2.91. The fraction of sp³-hybridized carbons (Fsp3) is 0.583. The van der Waals surface area contributed by atoms with E-state index < -0.39 is 0 Å². The first-order valence-electron chi connectivity index (χ1n) is 5.82. The second-order valence-electron chi connectivity index (χ2n) is 4.22. The summed E-state index contributed by atoms with van der Waals surface area (Å²) >= 11 is 0. The van der Waals surface area contributed by atoms with Crippen LogP contribution in [0.4, 0.5) is 5.69 Å². The Morgan fingerprint density at radius 1 is 1.56 bits per heavy atom. The van der Waals surface area contributed by atoms with Gasteiger partial charge in [0.25, 0.3) is 0 Å². The molecule has 4 nitrogen and oxygen atoms in total. The number of ether oxygens (including phenoxy) is 1. The lowest BCUT2D eigenvalue weighted by Crippen LogP contribution is -2.41. The zero-order chi connectivity index (χ0) is 11.4. The lowest BCUT2D eigenvalue weighted by molar-refractivity contribution is -0.0328. The largest absolute Gasteiger partial charge is 0.397 e. The van der Waals surface area contributed by atoms with Gasteiger partial charge in [0.2, 0.25) is 0 Å². The van der Waals surface area contributed by atoms with E-state index >= 15 is 0 Å². The van der Waals surface area contributed by atoms with Gasteiger partial charge in [-0.1, -0.05) is 6.92 Å². The second-order valence-corrected chi connectivity index (χ2v) is 4.22. The molecule has 1 atom stereocenters. The number of anilines is 1. The molecule has 16 heavy (non-hydrogen) atoms. The number of hydrogen-bond donors (Lipinski definition) is 1. The molecule has 0 radical (unpaired) electrons. The van der Waals surface area contributed by atoms with Crippen molar-refractivity contribution in [3.63, 3.8) is 0 Å². The maximum Gasteiger partial charge on any atom is 0.0700 e. The highest BCUT2D eigenvalue weighted by atomic mass is 16.5. The van der Waals surface area contributed by atoms with E-state index in [0.29, 0.717) is 6.10 Å². The minimum Gasteiger partial charge on any atom is -0.397 e. The molecule has 1 aliphatic heterocycles. The zero-order valence-corrected chi connectivity index (χ0v) is 9.72. The first-order chi connectivity index (χ1) is 7.78. The molecular weight excluding hydrogens is 202 g/mol. The van der Waals surface area contributed by atoms with Gasteiger partial charge in [-0.15, -0.1) is 0 Å². The van der Waals surface area contributed by atoms with E-state index in [-0.39, 0.29) is 0 Å². The minimum absolute atomic E-state index is 0.377. The number of aromatic nitrogens is 1. The van der Waals surface area contributed by atoms with Crippen molar-refractivity contribution in [2.24, 2.45) is 0 Å². The van der Waals surface area contributed by atoms with Gasteiger partial charge in [0, 0.05) is 19.6 Å². The number of pyridine rings is 1. The number of morpholine rings is 1. The van der Waals surface area contributed by atoms with Gasteiger partial charge in [0.15, 0.2) is 0 Å². The van der Waals surface area contributed by atoms with Gasteiger partial charge in [-0.2, -0.15) is 0 Å². The summed E-state index contributed by atoms with van der Waals surface area (Å²) < 4.78 is 5.63. The minimum atomic E-state index is 0.377. The quantitative estimate of drug-likeness (QED) is 0.835. The van der Waals surface area contributed by atoms with Crippen molar-refractivity contribution < 1.29 is 4.74 Å². The van der Waals surface area contributed by atoms with E-state index in [0.717, 1.165) is 44.0 Å². The molecule has 0 amide bonds. The number of nitrogens with two attached hydrogens (primary N) is 1. The molecule has 1 fully saturated rings. The van der Waals surface area contributed by atoms with Gasteiger partial charge in [-0.3, -0.25) is 9.88 Å². The topological polar surface area (TPSA) is 51.4 Å². The van der Waals surface area contributed by atoms with Crippen LogP contribution in [-0.2, 0) is 11.3 Å². The Bertz CT molecular complexity index is 326. The van der Waals surface area contributed by atoms with Crippen molar-refractivity contribution in [1.29, 1.82) is 0 Å². The van der Waals surface area contributed by atoms with Crippen molar-refractivity contribution >= 4 is 5.69 Å². The highest BCUT2D eigenvalue weighted by Crippen LogP contribution is 2.11. The summed E-state index contributed by atoms with van der Waals surface area (Å²) in [4.78, 5) is 6.70. The van der Waals surface area contributed by atoms with Gasteiger partial charge in [-0.25, -0.2) is 0 Å². The summed E-state index contributed by atoms with van der Waals surface area (Å²) in [5, 5.41) is 0. The van der Waals surface area contributed by atoms with Crippen molar-refractivity contribution in [1.82, 2.24) is 9.88 Å². The highest BCUT2D eigenvalue weighted by Gasteiger charge is 2.18. The molecule has 4 heteroatoms. The first kappa shape index (κ1) is 11.4. The first-order valence-corrected chi connectivity index (χ1v) is 5.82. The average Bonchev–Trinajstić information content (AvgIpc) is 2.32. The van der Waals surface area contributed by atoms with E-state index in [2.05, 4.69) is 16.8 Å². The van der Waals surface area contributed by atoms with Gasteiger partial charge < -0.3 is 10.5 Å². The fourth-order valence-corrected chi connectivity index (χ4v) is 1.93. The van der Waals surface area contributed by atoms with Crippen LogP contribution in [-0.4, -0.2) is 35.7 Å². The Kier molecular flexibility index (Phi) is 3.74. The van der Waals surface area contributed by atoms with E-state index in [9.17, 15) is 0 Å². The lowest BCUT2D eigenvalue weighted by atomic mass is 10.2. The number of hydrogen-bond acceptors (Lipinski definition) is 4. The molecule has 0 aliphatic carbocycles. The molecule has 1 aromatic heterocycles. The summed E-state index contributed by atoms with van der Waals surface area (Å²) in [5.74, 6) is 0. The second kappa shape index (κ2) is 5.27. The van der Waals surface area contributed by atoms with Crippen LogP contribution in [0.3, 0.4) is 0 Å². The predicted molar refractivity (Wildman–Crippen MR) is 64.0 cm³/mol. The van der Waals surface area contributed by atoms with Crippen LogP contribution in [0.15, 0.2) is 18.3 Å². The standard InChI is InChI=1S/C12H19N3O/c1-2-12-9-15(5-6-16-12)8-11-4-3-10(13)7-14-11/h3-4,7,12H,2,5-6,8-9,13H2,1H3. The third kappa shape index (κ3) is 2.93. The molecule has 88 valence electrons. The molecule has 1 saturated heterocycles. The van der Waals surface area contributed by atoms with Crippen LogP contribution in [0.25, 0.3) is 0 Å². The van der Waals surface area contributed by atoms with Gasteiger partial charge >= 0.3 is 0 Å². The van der Waals surface area contributed by atoms with Crippen molar-refractivity contribution in [3.05, 3.63) is 24.0 Å². The maximum atomic E-state index is 5.63. The normalized spacial score (nSPS) is 22.2. The van der Waals surface area contributed by atoms with E-state index in [1.54, 1.807) is 6.20 Å². The van der Waals surface area contributed by atoms with E-state index in [1.165, 1.54) is 0 Å². The zero-order valence-electron chi connectivity index (χ0n) is 9.72. The summed E-state index contributed by atoms with van der Waals surface area (Å²) in [7, 11) is 0. The molecule has 1 aromatic rings. The Balaban J connectivity index is 1.91. The molecule has 0 saturated carbocycles. The number of nitrogens with zero attached hydrogens (tertiary/aromatic N) is 2. The Labute approximate surface area is 96.4 Å². The van der Waals surface area contributed by atoms with E-state index in [1.807, 2.05) is 12.1 Å². The fourth-order valence-electron chi connectivity index (χ4n) is 1.93. The Hall–Kier alpha value is -1.13. The molecule has 0 spiro atoms. The van der Waals surface area contributed by atoms with Crippen molar-refractivity contribution in [2.45, 2.75) is 26.0 Å². The summed E-state index contributed by atoms with van der Waals surface area (Å²) in [6, 6.07) is 3.89. The lowest BCUT2D eigenvalue weighted by Gasteiger charge is -2.32. The molecule has 1 aliphatic rings. The predicted octanol–water partition coefficient (Wildman–Crippen LogP) is 1.27. The van der Waals surface area contributed by atoms with Crippen LogP contribution in [0.5, 0.6) is 0 Å². The Morgan fingerprint density at radius 3 is 3.12 bits per heavy atom. The molecule has 1 unspecified atom stereocenters. The number of nitrogen functional groups attached to an aromatic ring is 1. The van der Waals surface area contributed by atoms with Crippen LogP contribution in [0, 0.1) is 0 Å². The summed E-state index contributed by atoms with van der Waals surface area (Å²) in [5.41, 5.74) is 7.40. The SMILES string of the molecule is CCC1CN(Cc2ccc(N)cn2)CCO1. The molecule has 0 bridgehead atoms. The Morgan fingerprint density at radius 2 is 2.44 bits per heavy atom. The van der Waals surface area contributed by atoms with Crippen molar-refractivity contribution in [3.8, 4) is 0 Å². The molecule has 0 aromatic carbocycles. The van der Waals surface area contributed by atoms with E-state index in [4.69, 9.17) is 10.5 Å². The monoisotopic (exact) mass is 221 g/mol. The van der Waals surface area contributed by atoms with Gasteiger partial charge in [-0.05, 0) is 18.6 Å². The molecule has 2 rings (SSSR count). The summed E-state index contributed by atoms with van der Waals surface area (Å²) in [6.45, 7) is 5.87. The molecule has 2 heterocycles. The maximum absolute atomic E-state index is 5.63. The average molecular weight is 221 g/mol. The molecule has 2 N–H and O–H groups in total. The number of rotatable bonds is 3. The van der Waals surface area contributed by atoms with Crippen LogP contribution in [0.1, 0.15) is 19.0 Å². The summed E-state index contributed by atoms with van der Waals surface area (Å²) in [6.07, 6.45) is 3.17. The smallest absolute Gasteiger partial charge is 0.0700 e. The highest BCUT2D eigenvalue weighted by molar-refractivity contribution is 5.34. The van der Waals surface area contributed by atoms with Crippen molar-refractivity contribution in [2.75, 3.05) is 25.4 Å². The van der Waals surface area contributed by atoms with Crippen LogP contribution >= 0.6 is 0 Å². The van der Waals surface area contributed by atoms with Gasteiger partial charge in [0.05, 0.1) is 30.3 Å². The van der Waals surface area contributed by atoms with Crippen LogP contribution < -0.4 is 5.73 Å². The van der Waals surface area contributed by atoms with Gasteiger partial charge in [0.1, 0.15) is 0 Å². The third-order valence-corrected chi connectivity index (χ3v) is 2.91. The van der Waals surface area contributed by atoms with Crippen LogP contribution in [0.2, 0.25) is 0 Å². The molecular formula is C12H19N3O.